The minimum Gasteiger partial charge on any atom is -0.506 e. The highest BCUT2D eigenvalue weighted by atomic mass is 35.5. The predicted octanol–water partition coefficient (Wildman–Crippen LogP) is 2.99. The van der Waals surface area contributed by atoms with Crippen molar-refractivity contribution >= 4 is 35.2 Å². The van der Waals surface area contributed by atoms with Crippen LogP contribution < -0.4 is 0 Å². The van der Waals surface area contributed by atoms with Crippen LogP contribution in [0.15, 0.2) is 23.3 Å². The Kier molecular flexibility index (Phi) is 3.91. The molecule has 0 radical (unpaired) electrons. The fraction of sp³-hybridized carbons (Fsp3) is 0.0909. The van der Waals surface area contributed by atoms with E-state index in [0.717, 1.165) is 4.79 Å². The molecule has 1 N–H and O–H groups in total. The Bertz CT molecular complexity index is 712. The van der Waals surface area contributed by atoms with E-state index in [1.165, 1.54) is 24.4 Å². The van der Waals surface area contributed by atoms with E-state index in [2.05, 4.69) is 10.2 Å². The van der Waals surface area contributed by atoms with Crippen LogP contribution in [0.4, 0.5) is 5.82 Å². The van der Waals surface area contributed by atoms with Crippen LogP contribution in [0.25, 0.3) is 0 Å². The molecule has 1 aromatic carbocycles. The lowest BCUT2D eigenvalue weighted by Crippen LogP contribution is -1.97. The molecule has 0 spiro atoms. The zero-order chi connectivity index (χ0) is 14.9. The second-order valence-corrected chi connectivity index (χ2v) is 4.70. The van der Waals surface area contributed by atoms with Crippen LogP contribution in [-0.4, -0.2) is 26.1 Å². The van der Waals surface area contributed by atoms with Crippen molar-refractivity contribution in [1.82, 2.24) is 9.89 Å². The molecule has 2 aromatic rings. The average molecular weight is 315 g/mol. The fourth-order valence-corrected chi connectivity index (χ4v) is 1.97. The minimum absolute atomic E-state index is 0.0853. The van der Waals surface area contributed by atoms with Gasteiger partial charge in [-0.2, -0.15) is 0 Å². The molecule has 9 heteroatoms. The minimum atomic E-state index is -0.618. The van der Waals surface area contributed by atoms with E-state index in [4.69, 9.17) is 23.2 Å². The number of halogens is 2. The van der Waals surface area contributed by atoms with Crippen molar-refractivity contribution in [2.75, 3.05) is 0 Å². The van der Waals surface area contributed by atoms with E-state index < -0.39 is 4.92 Å². The molecule has 0 bridgehead atoms. The number of nitro groups is 1. The van der Waals surface area contributed by atoms with E-state index in [1.807, 2.05) is 0 Å². The predicted molar refractivity (Wildman–Crippen MR) is 74.7 cm³/mol. The number of nitrogens with zero attached hydrogens (tertiary/aromatic N) is 4. The number of hydrogen-bond donors (Lipinski definition) is 1. The first-order valence-corrected chi connectivity index (χ1v) is 6.07. The second-order valence-electron chi connectivity index (χ2n) is 3.86. The van der Waals surface area contributed by atoms with Crippen LogP contribution in [0.1, 0.15) is 11.3 Å². The first kappa shape index (κ1) is 14.3. The average Bonchev–Trinajstić information content (AvgIpc) is 2.74. The fourth-order valence-electron chi connectivity index (χ4n) is 1.46. The molecule has 0 aliphatic rings. The van der Waals surface area contributed by atoms with Gasteiger partial charge in [0, 0.05) is 10.6 Å². The highest BCUT2D eigenvalue weighted by Gasteiger charge is 2.14. The Morgan fingerprint density at radius 2 is 2.15 bits per heavy atom. The largest absolute Gasteiger partial charge is 0.506 e. The van der Waals surface area contributed by atoms with Gasteiger partial charge in [-0.05, 0) is 24.0 Å². The molecular weight excluding hydrogens is 307 g/mol. The Morgan fingerprint density at radius 3 is 2.75 bits per heavy atom. The number of rotatable bonds is 3. The summed E-state index contributed by atoms with van der Waals surface area (Å²) in [6, 6.07) is 4.13. The Labute approximate surface area is 123 Å². The summed E-state index contributed by atoms with van der Waals surface area (Å²) in [7, 11) is 0. The maximum atomic E-state index is 10.6. The summed E-state index contributed by atoms with van der Waals surface area (Å²) < 4.78 is 0. The van der Waals surface area contributed by atoms with Crippen LogP contribution in [0.5, 0.6) is 5.75 Å². The normalized spacial score (nSPS) is 11.2. The molecule has 1 heterocycles. The SMILES string of the molecule is Cc1cc([N+](=O)[O-])nn1/N=C/c1cc(Cl)cc(Cl)c1O. The summed E-state index contributed by atoms with van der Waals surface area (Å²) in [5.41, 5.74) is 0.751. The van der Waals surface area contributed by atoms with Crippen molar-refractivity contribution in [3.8, 4) is 5.75 Å². The van der Waals surface area contributed by atoms with Crippen LogP contribution in [0.3, 0.4) is 0 Å². The first-order valence-electron chi connectivity index (χ1n) is 5.32. The summed E-state index contributed by atoms with van der Waals surface area (Å²) >= 11 is 11.6. The quantitative estimate of drug-likeness (QED) is 0.535. The number of hydrogen-bond acceptors (Lipinski definition) is 5. The van der Waals surface area contributed by atoms with Crippen LogP contribution in [-0.2, 0) is 0 Å². The van der Waals surface area contributed by atoms with Crippen LogP contribution in [0.2, 0.25) is 10.0 Å². The molecule has 1 aromatic heterocycles. The molecule has 0 saturated carbocycles. The maximum absolute atomic E-state index is 10.6. The molecule has 104 valence electrons. The third-order valence-corrected chi connectivity index (χ3v) is 2.91. The molecule has 0 aliphatic heterocycles. The second kappa shape index (κ2) is 5.48. The number of aromatic nitrogens is 2. The third kappa shape index (κ3) is 2.89. The summed E-state index contributed by atoms with van der Waals surface area (Å²) in [6.07, 6.45) is 1.26. The van der Waals surface area contributed by atoms with Gasteiger partial charge >= 0.3 is 5.82 Å². The highest BCUT2D eigenvalue weighted by molar-refractivity contribution is 6.36. The number of phenolic OH excluding ortho intramolecular Hbond substituents is 1. The van der Waals surface area contributed by atoms with Crippen molar-refractivity contribution in [3.63, 3.8) is 0 Å². The maximum Gasteiger partial charge on any atom is 0.392 e. The Hall–Kier alpha value is -2.12. The van der Waals surface area contributed by atoms with Gasteiger partial charge in [-0.15, -0.1) is 5.10 Å². The van der Waals surface area contributed by atoms with Gasteiger partial charge in [-0.1, -0.05) is 28.0 Å². The molecule has 0 fully saturated rings. The van der Waals surface area contributed by atoms with Crippen molar-refractivity contribution in [1.29, 1.82) is 0 Å². The number of phenols is 1. The number of aryl methyl sites for hydroxylation is 1. The molecule has 7 nitrogen and oxygen atoms in total. The Morgan fingerprint density at radius 1 is 1.45 bits per heavy atom. The van der Waals surface area contributed by atoms with E-state index in [0.29, 0.717) is 10.7 Å². The lowest BCUT2D eigenvalue weighted by molar-refractivity contribution is -0.389. The van der Waals surface area contributed by atoms with Crippen molar-refractivity contribution in [3.05, 3.63) is 49.6 Å². The van der Waals surface area contributed by atoms with E-state index in [9.17, 15) is 15.2 Å². The summed E-state index contributed by atoms with van der Waals surface area (Å²) in [5.74, 6) is -0.493. The van der Waals surface area contributed by atoms with Gasteiger partial charge in [-0.3, -0.25) is 0 Å². The highest BCUT2D eigenvalue weighted by Crippen LogP contribution is 2.30. The van der Waals surface area contributed by atoms with Gasteiger partial charge in [0.1, 0.15) is 5.75 Å². The molecule has 0 aliphatic carbocycles. The van der Waals surface area contributed by atoms with Gasteiger partial charge in [-0.25, -0.2) is 0 Å². The van der Waals surface area contributed by atoms with Gasteiger partial charge in [0.15, 0.2) is 0 Å². The summed E-state index contributed by atoms with van der Waals surface area (Å²) in [6.45, 7) is 1.61. The van der Waals surface area contributed by atoms with Crippen molar-refractivity contribution in [2.45, 2.75) is 6.92 Å². The molecule has 0 unspecified atom stereocenters. The molecule has 0 saturated heterocycles. The Balaban J connectivity index is 2.37. The van der Waals surface area contributed by atoms with E-state index >= 15 is 0 Å². The summed E-state index contributed by atoms with van der Waals surface area (Å²) in [5, 5.41) is 28.3. The molecule has 20 heavy (non-hydrogen) atoms. The van der Waals surface area contributed by atoms with Gasteiger partial charge < -0.3 is 15.2 Å². The zero-order valence-corrected chi connectivity index (χ0v) is 11.6. The third-order valence-electron chi connectivity index (χ3n) is 2.40. The van der Waals surface area contributed by atoms with Gasteiger partial charge in [0.2, 0.25) is 0 Å². The zero-order valence-electron chi connectivity index (χ0n) is 10.1. The van der Waals surface area contributed by atoms with Crippen LogP contribution in [0, 0.1) is 17.0 Å². The van der Waals surface area contributed by atoms with Crippen LogP contribution >= 0.6 is 23.2 Å². The molecular formula is C11H8Cl2N4O3. The first-order chi connectivity index (χ1) is 9.38. The lowest BCUT2D eigenvalue weighted by Gasteiger charge is -2.01. The molecule has 2 rings (SSSR count). The monoisotopic (exact) mass is 314 g/mol. The van der Waals surface area contributed by atoms with E-state index in [-0.39, 0.29) is 22.2 Å². The number of aromatic hydroxyl groups is 1. The molecule has 0 amide bonds. The van der Waals surface area contributed by atoms with E-state index in [1.54, 1.807) is 6.92 Å². The van der Waals surface area contributed by atoms with Crippen molar-refractivity contribution in [2.24, 2.45) is 5.10 Å². The topological polar surface area (TPSA) is 93.5 Å². The van der Waals surface area contributed by atoms with Gasteiger partial charge in [0.25, 0.3) is 0 Å². The lowest BCUT2D eigenvalue weighted by atomic mass is 10.2. The van der Waals surface area contributed by atoms with Crippen molar-refractivity contribution < 1.29 is 10.0 Å². The molecule has 0 atom stereocenters. The smallest absolute Gasteiger partial charge is 0.392 e. The van der Waals surface area contributed by atoms with Gasteiger partial charge in [0.05, 0.1) is 28.1 Å². The standard InChI is InChI=1S/C11H8Cl2N4O3/c1-6-2-10(17(19)20)15-16(6)14-5-7-3-8(12)4-9(13)11(7)18/h2-5,18H,1H3/b14-5+. The summed E-state index contributed by atoms with van der Waals surface area (Å²) in [4.78, 5) is 11.0. The number of benzene rings is 1.